The Morgan fingerprint density at radius 3 is 1.59 bits per heavy atom. The number of pyridine rings is 1. The first-order chi connectivity index (χ1) is 13.3. The maximum Gasteiger partial charge on any atom is 0.193 e. The number of fused-ring (bicyclic) bond motifs is 6. The lowest BCUT2D eigenvalue weighted by atomic mass is 10.0. The van der Waals surface area contributed by atoms with E-state index in [2.05, 4.69) is 52.9 Å². The van der Waals surface area contributed by atoms with Gasteiger partial charge in [-0.15, -0.1) is 0 Å². The summed E-state index contributed by atoms with van der Waals surface area (Å²) in [4.78, 5) is 13.1. The van der Waals surface area contributed by atoms with Crippen LogP contribution in [0.4, 0.5) is 0 Å². The van der Waals surface area contributed by atoms with Gasteiger partial charge in [0.25, 0.3) is 0 Å². The van der Waals surface area contributed by atoms with E-state index < -0.39 is 0 Å². The molecule has 2 nitrogen and oxygen atoms in total. The lowest BCUT2D eigenvalue weighted by Gasteiger charge is -2.05. The normalized spacial score (nSPS) is 11.9. The van der Waals surface area contributed by atoms with E-state index in [1.807, 2.05) is 42.5 Å². The Morgan fingerprint density at radius 2 is 1.04 bits per heavy atom. The number of hydrogen-bond donors (Lipinski definition) is 0. The zero-order valence-electron chi connectivity index (χ0n) is 14.5. The third-order valence-electron chi connectivity index (χ3n) is 5.50. The molecule has 3 aromatic carbocycles. The van der Waals surface area contributed by atoms with Crippen LogP contribution in [-0.2, 0) is 0 Å². The number of carbonyl (C=O) groups is 1. The van der Waals surface area contributed by atoms with Crippen LogP contribution >= 0.6 is 0 Å². The van der Waals surface area contributed by atoms with E-state index in [9.17, 15) is 4.79 Å². The third-order valence-corrected chi connectivity index (χ3v) is 5.50. The van der Waals surface area contributed by atoms with E-state index in [1.165, 1.54) is 27.1 Å². The Morgan fingerprint density at radius 1 is 0.556 bits per heavy atom. The smallest absolute Gasteiger partial charge is 0.193 e. The van der Waals surface area contributed by atoms with Crippen molar-refractivity contribution in [2.75, 3.05) is 0 Å². The van der Waals surface area contributed by atoms with E-state index >= 15 is 0 Å². The van der Waals surface area contributed by atoms with Crippen molar-refractivity contribution >= 4 is 43.9 Å². The molecule has 6 rings (SSSR count). The van der Waals surface area contributed by atoms with Crippen LogP contribution in [0.3, 0.4) is 0 Å². The van der Waals surface area contributed by atoms with Gasteiger partial charge >= 0.3 is 0 Å². The van der Waals surface area contributed by atoms with Crippen molar-refractivity contribution < 1.29 is 4.79 Å². The topological polar surface area (TPSA) is 21.5 Å². The van der Waals surface area contributed by atoms with E-state index in [1.54, 1.807) is 0 Å². The van der Waals surface area contributed by atoms with Gasteiger partial charge in [0, 0.05) is 32.7 Å². The zero-order chi connectivity index (χ0) is 18.0. The van der Waals surface area contributed by atoms with Crippen LogP contribution in [0.5, 0.6) is 0 Å². The number of hydrogen-bond acceptors (Lipinski definition) is 1. The van der Waals surface area contributed by atoms with E-state index in [4.69, 9.17) is 0 Å². The predicted molar refractivity (Wildman–Crippen MR) is 111 cm³/mol. The molecule has 3 heterocycles. The molecule has 0 atom stereocenters. The highest BCUT2D eigenvalue weighted by Gasteiger charge is 2.19. The first-order valence-electron chi connectivity index (χ1n) is 9.10. The largest absolute Gasteiger partial charge is 0.308 e. The van der Waals surface area contributed by atoms with Crippen LogP contribution < -0.4 is 0 Å². The maximum absolute atomic E-state index is 13.1. The summed E-state index contributed by atoms with van der Waals surface area (Å²) in [5.41, 5.74) is 4.86. The summed E-state index contributed by atoms with van der Waals surface area (Å²) >= 11 is 0. The lowest BCUT2D eigenvalue weighted by Crippen LogP contribution is -2.02. The van der Waals surface area contributed by atoms with Crippen molar-refractivity contribution in [2.45, 2.75) is 0 Å². The highest BCUT2D eigenvalue weighted by atomic mass is 16.1. The molecule has 27 heavy (non-hydrogen) atoms. The van der Waals surface area contributed by atoms with E-state index in [0.29, 0.717) is 0 Å². The van der Waals surface area contributed by atoms with Crippen LogP contribution in [0.1, 0.15) is 15.9 Å². The molecule has 0 aliphatic rings. The monoisotopic (exact) mass is 345 g/mol. The summed E-state index contributed by atoms with van der Waals surface area (Å²) in [6, 6.07) is 30.5. The van der Waals surface area contributed by atoms with Crippen LogP contribution in [0, 0.1) is 0 Å². The molecular weight excluding hydrogens is 330 g/mol. The van der Waals surface area contributed by atoms with Crippen molar-refractivity contribution in [3.63, 3.8) is 0 Å². The molecule has 0 spiro atoms. The highest BCUT2D eigenvalue weighted by molar-refractivity contribution is 6.24. The first kappa shape index (κ1) is 14.5. The van der Waals surface area contributed by atoms with Crippen molar-refractivity contribution in [1.29, 1.82) is 0 Å². The number of carbonyl (C=O) groups excluding carboxylic acids is 1. The Labute approximate surface area is 155 Å². The van der Waals surface area contributed by atoms with Gasteiger partial charge in [-0.3, -0.25) is 4.79 Å². The Bertz CT molecular complexity index is 1390. The molecule has 0 N–H and O–H groups in total. The molecule has 0 fully saturated rings. The van der Waals surface area contributed by atoms with Crippen LogP contribution in [0.2, 0.25) is 0 Å². The standard InChI is InChI=1S/C25H15NO/c27-25(16-8-2-1-3-9-16)17-14-22-18-10-4-6-12-20(18)24-21-13-7-5-11-19(21)23(15-17)26(22)24/h1-15H. The second-order valence-corrected chi connectivity index (χ2v) is 6.98. The molecular formula is C25H15NO. The average Bonchev–Trinajstić information content (AvgIpc) is 3.25. The Kier molecular flexibility index (Phi) is 2.78. The number of rotatable bonds is 2. The van der Waals surface area contributed by atoms with Crippen molar-refractivity contribution in [3.8, 4) is 0 Å². The van der Waals surface area contributed by atoms with Gasteiger partial charge in [-0.05, 0) is 12.1 Å². The molecule has 6 aromatic rings. The molecule has 0 aliphatic carbocycles. The SMILES string of the molecule is O=C(c1ccccc1)c1cc2c3ccccc3c3c4ccccc4c(c1)n23. The summed E-state index contributed by atoms with van der Waals surface area (Å²) < 4.78 is 2.30. The second kappa shape index (κ2) is 5.18. The molecule has 2 heteroatoms. The van der Waals surface area contributed by atoms with Crippen LogP contribution in [-0.4, -0.2) is 10.2 Å². The fraction of sp³-hybridized carbons (Fsp3) is 0. The van der Waals surface area contributed by atoms with Crippen molar-refractivity contribution in [2.24, 2.45) is 0 Å². The average molecular weight is 345 g/mol. The minimum Gasteiger partial charge on any atom is -0.308 e. The molecule has 0 amide bonds. The first-order valence-corrected chi connectivity index (χ1v) is 9.10. The third kappa shape index (κ3) is 1.87. The summed E-state index contributed by atoms with van der Waals surface area (Å²) in [5.74, 6) is 0.0607. The van der Waals surface area contributed by atoms with Crippen molar-refractivity contribution in [3.05, 3.63) is 102 Å². The molecule has 126 valence electrons. The number of nitrogens with zero attached hydrogens (tertiary/aromatic N) is 1. The molecule has 3 aromatic heterocycles. The maximum atomic E-state index is 13.1. The molecule has 0 unspecified atom stereocenters. The van der Waals surface area contributed by atoms with Gasteiger partial charge in [-0.25, -0.2) is 0 Å². The van der Waals surface area contributed by atoms with Gasteiger partial charge in [0.15, 0.2) is 5.78 Å². The quantitative estimate of drug-likeness (QED) is 0.349. The van der Waals surface area contributed by atoms with Gasteiger partial charge in [-0.2, -0.15) is 0 Å². The van der Waals surface area contributed by atoms with Crippen LogP contribution in [0.15, 0.2) is 91.0 Å². The molecule has 0 bridgehead atoms. The molecule has 0 aliphatic heterocycles. The minimum absolute atomic E-state index is 0.0607. The Balaban J connectivity index is 1.80. The number of ketones is 1. The summed E-state index contributed by atoms with van der Waals surface area (Å²) in [6.45, 7) is 0. The highest BCUT2D eigenvalue weighted by Crippen LogP contribution is 2.39. The molecule has 0 saturated heterocycles. The fourth-order valence-corrected chi connectivity index (χ4v) is 4.33. The van der Waals surface area contributed by atoms with Gasteiger partial charge < -0.3 is 4.40 Å². The van der Waals surface area contributed by atoms with Gasteiger partial charge in [0.05, 0.1) is 16.6 Å². The summed E-state index contributed by atoms with van der Waals surface area (Å²) in [5, 5.41) is 4.83. The van der Waals surface area contributed by atoms with Gasteiger partial charge in [-0.1, -0.05) is 78.9 Å². The lowest BCUT2D eigenvalue weighted by molar-refractivity contribution is 0.103. The number of benzene rings is 3. The van der Waals surface area contributed by atoms with E-state index in [-0.39, 0.29) is 5.78 Å². The minimum atomic E-state index is 0.0607. The molecule has 0 saturated carbocycles. The fourth-order valence-electron chi connectivity index (χ4n) is 4.33. The van der Waals surface area contributed by atoms with Gasteiger partial charge in [0.1, 0.15) is 0 Å². The van der Waals surface area contributed by atoms with Crippen LogP contribution in [0.25, 0.3) is 38.1 Å². The zero-order valence-corrected chi connectivity index (χ0v) is 14.5. The molecule has 0 radical (unpaired) electrons. The van der Waals surface area contributed by atoms with Gasteiger partial charge in [0.2, 0.25) is 0 Å². The second-order valence-electron chi connectivity index (χ2n) is 6.98. The van der Waals surface area contributed by atoms with E-state index in [0.717, 1.165) is 22.2 Å². The number of aromatic nitrogens is 1. The Hall–Kier alpha value is -3.65. The summed E-state index contributed by atoms with van der Waals surface area (Å²) in [6.07, 6.45) is 0. The summed E-state index contributed by atoms with van der Waals surface area (Å²) in [7, 11) is 0. The van der Waals surface area contributed by atoms with Crippen molar-refractivity contribution in [1.82, 2.24) is 4.40 Å². The predicted octanol–water partition coefficient (Wildman–Crippen LogP) is 6.07.